The Morgan fingerprint density at radius 2 is 2.10 bits per heavy atom. The predicted molar refractivity (Wildman–Crippen MR) is 82.7 cm³/mol. The van der Waals surface area contributed by atoms with Gasteiger partial charge in [0.2, 0.25) is 0 Å². The zero-order valence-corrected chi connectivity index (χ0v) is 12.3. The van der Waals surface area contributed by atoms with Crippen molar-refractivity contribution in [2.24, 2.45) is 0 Å². The van der Waals surface area contributed by atoms with E-state index in [1.165, 1.54) is 0 Å². The second-order valence-corrected chi connectivity index (χ2v) is 5.56. The monoisotopic (exact) mass is 285 g/mol. The molecule has 0 bridgehead atoms. The van der Waals surface area contributed by atoms with E-state index in [-0.39, 0.29) is 23.1 Å². The largest absolute Gasteiger partial charge is 0.337 e. The van der Waals surface area contributed by atoms with Gasteiger partial charge >= 0.3 is 0 Å². The molecule has 3 rings (SSSR count). The van der Waals surface area contributed by atoms with Gasteiger partial charge in [0.05, 0.1) is 0 Å². The van der Waals surface area contributed by atoms with Crippen molar-refractivity contribution in [2.45, 2.75) is 19.4 Å². The fourth-order valence-electron chi connectivity index (χ4n) is 2.98. The van der Waals surface area contributed by atoms with Crippen LogP contribution >= 0.6 is 0 Å². The standard InChI is InChI=1S/C16H19N3O2/c1-10-12-5-3-4-6-13(12)18-15(20)14(10)16(21)19(2)11-7-8-17-9-11/h3-6,11,17H,7-9H2,1-2H3,(H,18,20)/t11-/m1/s1. The van der Waals surface area contributed by atoms with Crippen LogP contribution in [0.15, 0.2) is 29.1 Å². The number of nitrogens with zero attached hydrogens (tertiary/aromatic N) is 1. The zero-order valence-electron chi connectivity index (χ0n) is 12.3. The lowest BCUT2D eigenvalue weighted by Gasteiger charge is -2.24. The first-order chi connectivity index (χ1) is 10.1. The lowest BCUT2D eigenvalue weighted by atomic mass is 10.0. The predicted octanol–water partition coefficient (Wildman–Crippen LogP) is 1.27. The van der Waals surface area contributed by atoms with Crippen molar-refractivity contribution in [1.82, 2.24) is 15.2 Å². The van der Waals surface area contributed by atoms with Crippen LogP contribution in [0.2, 0.25) is 0 Å². The summed E-state index contributed by atoms with van der Waals surface area (Å²) >= 11 is 0. The number of carbonyl (C=O) groups is 1. The number of likely N-dealkylation sites (N-methyl/N-ethyl adjacent to an activating group) is 1. The number of para-hydroxylation sites is 1. The highest BCUT2D eigenvalue weighted by molar-refractivity contribution is 5.99. The lowest BCUT2D eigenvalue weighted by molar-refractivity contribution is 0.0741. The highest BCUT2D eigenvalue weighted by Crippen LogP contribution is 2.19. The van der Waals surface area contributed by atoms with Crippen LogP contribution in [-0.4, -0.2) is 42.0 Å². The second-order valence-electron chi connectivity index (χ2n) is 5.56. The van der Waals surface area contributed by atoms with E-state index in [0.717, 1.165) is 36.0 Å². The van der Waals surface area contributed by atoms with Crippen LogP contribution in [0.1, 0.15) is 22.3 Å². The van der Waals surface area contributed by atoms with Gasteiger partial charge in [-0.15, -0.1) is 0 Å². The summed E-state index contributed by atoms with van der Waals surface area (Å²) in [5.74, 6) is -0.201. The summed E-state index contributed by atoms with van der Waals surface area (Å²) in [5, 5.41) is 4.15. The number of hydrogen-bond donors (Lipinski definition) is 2. The molecule has 21 heavy (non-hydrogen) atoms. The molecule has 1 saturated heterocycles. The van der Waals surface area contributed by atoms with Gasteiger partial charge < -0.3 is 15.2 Å². The van der Waals surface area contributed by atoms with Gasteiger partial charge in [-0.2, -0.15) is 0 Å². The summed E-state index contributed by atoms with van der Waals surface area (Å²) in [4.78, 5) is 29.5. The SMILES string of the molecule is Cc1c(C(=O)N(C)[C@@H]2CCNC2)c(=O)[nH]c2ccccc12. The van der Waals surface area contributed by atoms with Crippen molar-refractivity contribution in [3.05, 3.63) is 45.7 Å². The van der Waals surface area contributed by atoms with Crippen LogP contribution < -0.4 is 10.9 Å². The Labute approximate surface area is 123 Å². The van der Waals surface area contributed by atoms with Gasteiger partial charge in [0, 0.05) is 30.5 Å². The van der Waals surface area contributed by atoms with Crippen molar-refractivity contribution < 1.29 is 4.79 Å². The minimum Gasteiger partial charge on any atom is -0.337 e. The number of nitrogens with one attached hydrogen (secondary N) is 2. The first-order valence-electron chi connectivity index (χ1n) is 7.19. The molecule has 5 nitrogen and oxygen atoms in total. The van der Waals surface area contributed by atoms with Crippen molar-refractivity contribution in [3.8, 4) is 0 Å². The molecule has 0 unspecified atom stereocenters. The number of rotatable bonds is 2. The van der Waals surface area contributed by atoms with E-state index < -0.39 is 0 Å². The molecule has 1 aliphatic rings. The molecule has 2 heterocycles. The quantitative estimate of drug-likeness (QED) is 0.873. The number of pyridine rings is 1. The first kappa shape index (κ1) is 13.8. The molecule has 5 heteroatoms. The van der Waals surface area contributed by atoms with Crippen molar-refractivity contribution in [2.75, 3.05) is 20.1 Å². The summed E-state index contributed by atoms with van der Waals surface area (Å²) < 4.78 is 0. The average molecular weight is 285 g/mol. The lowest BCUT2D eigenvalue weighted by Crippen LogP contribution is -2.41. The van der Waals surface area contributed by atoms with E-state index in [0.29, 0.717) is 0 Å². The van der Waals surface area contributed by atoms with Gasteiger partial charge in [-0.1, -0.05) is 18.2 Å². The molecule has 1 aromatic carbocycles. The van der Waals surface area contributed by atoms with E-state index in [9.17, 15) is 9.59 Å². The smallest absolute Gasteiger partial charge is 0.261 e. The summed E-state index contributed by atoms with van der Waals surface area (Å²) in [5.41, 5.74) is 1.45. The Bertz CT molecular complexity index is 745. The summed E-state index contributed by atoms with van der Waals surface area (Å²) in [6.07, 6.45) is 0.923. The fourth-order valence-corrected chi connectivity index (χ4v) is 2.98. The number of aryl methyl sites for hydroxylation is 1. The van der Waals surface area contributed by atoms with Crippen LogP contribution in [0, 0.1) is 6.92 Å². The molecule has 1 aromatic heterocycles. The molecule has 0 saturated carbocycles. The number of carbonyl (C=O) groups excluding carboxylic acids is 1. The van der Waals surface area contributed by atoms with Crippen LogP contribution in [0.5, 0.6) is 0 Å². The summed E-state index contributed by atoms with van der Waals surface area (Å²) in [6, 6.07) is 7.71. The zero-order chi connectivity index (χ0) is 15.0. The Balaban J connectivity index is 2.07. The molecule has 2 aromatic rings. The van der Waals surface area contributed by atoms with Crippen molar-refractivity contribution in [1.29, 1.82) is 0 Å². The van der Waals surface area contributed by atoms with Crippen molar-refractivity contribution in [3.63, 3.8) is 0 Å². The molecule has 1 aliphatic heterocycles. The third kappa shape index (κ3) is 2.34. The number of amides is 1. The van der Waals surface area contributed by atoms with E-state index in [1.54, 1.807) is 11.9 Å². The number of hydrogen-bond acceptors (Lipinski definition) is 3. The fraction of sp³-hybridized carbons (Fsp3) is 0.375. The molecule has 0 radical (unpaired) electrons. The van der Waals surface area contributed by atoms with Gasteiger partial charge in [-0.25, -0.2) is 0 Å². The topological polar surface area (TPSA) is 65.2 Å². The van der Waals surface area contributed by atoms with Gasteiger partial charge in [0.1, 0.15) is 5.56 Å². The maximum Gasteiger partial charge on any atom is 0.261 e. The van der Waals surface area contributed by atoms with Crippen LogP contribution in [0.4, 0.5) is 0 Å². The van der Waals surface area contributed by atoms with Crippen LogP contribution in [0.3, 0.4) is 0 Å². The van der Waals surface area contributed by atoms with Crippen molar-refractivity contribution >= 4 is 16.8 Å². The highest BCUT2D eigenvalue weighted by Gasteiger charge is 2.27. The van der Waals surface area contributed by atoms with Crippen LogP contribution in [-0.2, 0) is 0 Å². The molecule has 1 atom stereocenters. The Hall–Kier alpha value is -2.14. The minimum absolute atomic E-state index is 0.155. The van der Waals surface area contributed by atoms with E-state index in [2.05, 4.69) is 10.3 Å². The first-order valence-corrected chi connectivity index (χ1v) is 7.19. The number of H-pyrrole nitrogens is 1. The number of fused-ring (bicyclic) bond motifs is 1. The third-order valence-electron chi connectivity index (χ3n) is 4.30. The van der Waals surface area contributed by atoms with Gasteiger partial charge in [0.25, 0.3) is 11.5 Å². The van der Waals surface area contributed by atoms with Gasteiger partial charge in [-0.05, 0) is 31.5 Å². The molecule has 0 spiro atoms. The molecule has 0 aliphatic carbocycles. The van der Waals surface area contributed by atoms with E-state index in [4.69, 9.17) is 0 Å². The van der Waals surface area contributed by atoms with Gasteiger partial charge in [0.15, 0.2) is 0 Å². The number of aromatic nitrogens is 1. The third-order valence-corrected chi connectivity index (χ3v) is 4.30. The number of benzene rings is 1. The molecular weight excluding hydrogens is 266 g/mol. The molecular formula is C16H19N3O2. The molecule has 1 amide bonds. The van der Waals surface area contributed by atoms with Gasteiger partial charge in [-0.3, -0.25) is 9.59 Å². The Morgan fingerprint density at radius 3 is 2.81 bits per heavy atom. The minimum atomic E-state index is -0.311. The number of aromatic amines is 1. The molecule has 2 N–H and O–H groups in total. The molecule has 1 fully saturated rings. The molecule has 110 valence electrons. The normalized spacial score (nSPS) is 18.1. The summed E-state index contributed by atoms with van der Waals surface area (Å²) in [7, 11) is 1.77. The van der Waals surface area contributed by atoms with Crippen LogP contribution in [0.25, 0.3) is 10.9 Å². The average Bonchev–Trinajstić information content (AvgIpc) is 3.00. The second kappa shape index (κ2) is 5.33. The highest BCUT2D eigenvalue weighted by atomic mass is 16.2. The summed E-state index contributed by atoms with van der Waals surface area (Å²) in [6.45, 7) is 3.54. The maximum absolute atomic E-state index is 12.7. The Morgan fingerprint density at radius 1 is 1.33 bits per heavy atom. The maximum atomic E-state index is 12.7. The van der Waals surface area contributed by atoms with E-state index >= 15 is 0 Å². The van der Waals surface area contributed by atoms with E-state index in [1.807, 2.05) is 31.2 Å². The Kier molecular flexibility index (Phi) is 3.51.